The van der Waals surface area contributed by atoms with Gasteiger partial charge in [0.25, 0.3) is 0 Å². The number of aryl methyl sites for hydroxylation is 1. The minimum atomic E-state index is 0.0658. The molecule has 0 unspecified atom stereocenters. The second kappa shape index (κ2) is 5.78. The molecule has 1 fully saturated rings. The summed E-state index contributed by atoms with van der Waals surface area (Å²) >= 11 is 1.62. The molecule has 4 nitrogen and oxygen atoms in total. The Morgan fingerprint density at radius 1 is 1.29 bits per heavy atom. The lowest BCUT2D eigenvalue weighted by Crippen LogP contribution is -2.35. The van der Waals surface area contributed by atoms with Crippen molar-refractivity contribution in [2.75, 3.05) is 18.5 Å². The molecule has 0 bridgehead atoms. The summed E-state index contributed by atoms with van der Waals surface area (Å²) < 4.78 is 0. The van der Waals surface area contributed by atoms with E-state index in [2.05, 4.69) is 22.4 Å². The van der Waals surface area contributed by atoms with E-state index in [0.29, 0.717) is 0 Å². The molecular weight excluding hydrogens is 234 g/mol. The number of aliphatic hydroxyl groups is 1. The van der Waals surface area contributed by atoms with Crippen LogP contribution >= 0.6 is 11.3 Å². The summed E-state index contributed by atoms with van der Waals surface area (Å²) in [5, 5.41) is 23.1. The highest BCUT2D eigenvalue weighted by molar-refractivity contribution is 7.15. The number of aromatic nitrogens is 2. The van der Waals surface area contributed by atoms with Crippen LogP contribution in [0.2, 0.25) is 0 Å². The molecule has 0 aliphatic heterocycles. The van der Waals surface area contributed by atoms with Gasteiger partial charge < -0.3 is 10.4 Å². The van der Waals surface area contributed by atoms with Crippen LogP contribution in [0.3, 0.4) is 0 Å². The van der Waals surface area contributed by atoms with E-state index in [-0.39, 0.29) is 12.0 Å². The lowest BCUT2D eigenvalue weighted by atomic mass is 9.74. The van der Waals surface area contributed by atoms with Crippen molar-refractivity contribution in [3.63, 3.8) is 0 Å². The largest absolute Gasteiger partial charge is 0.396 e. The van der Waals surface area contributed by atoms with Crippen LogP contribution in [0.5, 0.6) is 0 Å². The van der Waals surface area contributed by atoms with Gasteiger partial charge in [-0.05, 0) is 19.3 Å². The highest BCUT2D eigenvalue weighted by atomic mass is 32.1. The van der Waals surface area contributed by atoms with Crippen LogP contribution in [-0.2, 0) is 6.42 Å². The molecule has 2 rings (SSSR count). The Labute approximate surface area is 106 Å². The number of hydrogen-bond donors (Lipinski definition) is 2. The molecule has 1 saturated carbocycles. The SMILES string of the molecule is CCc1nnc(NCC2(CO)CCCCC2)s1. The number of nitrogens with zero attached hydrogens (tertiary/aromatic N) is 2. The van der Waals surface area contributed by atoms with E-state index in [1.54, 1.807) is 11.3 Å². The van der Waals surface area contributed by atoms with Crippen molar-refractivity contribution < 1.29 is 5.11 Å². The van der Waals surface area contributed by atoms with Crippen molar-refractivity contribution >= 4 is 16.5 Å². The van der Waals surface area contributed by atoms with Gasteiger partial charge in [0.1, 0.15) is 5.01 Å². The second-order valence-electron chi connectivity index (χ2n) is 4.93. The minimum Gasteiger partial charge on any atom is -0.396 e. The van der Waals surface area contributed by atoms with Gasteiger partial charge in [-0.25, -0.2) is 0 Å². The quantitative estimate of drug-likeness (QED) is 0.848. The summed E-state index contributed by atoms with van der Waals surface area (Å²) in [6.45, 7) is 3.18. The van der Waals surface area contributed by atoms with Gasteiger partial charge in [-0.2, -0.15) is 0 Å². The zero-order chi connectivity index (χ0) is 12.1. The zero-order valence-electron chi connectivity index (χ0n) is 10.4. The van der Waals surface area contributed by atoms with Crippen molar-refractivity contribution in [1.29, 1.82) is 0 Å². The summed E-state index contributed by atoms with van der Waals surface area (Å²) in [5.74, 6) is 0. The molecule has 5 heteroatoms. The van der Waals surface area contributed by atoms with Gasteiger partial charge in [-0.15, -0.1) is 10.2 Å². The van der Waals surface area contributed by atoms with Gasteiger partial charge in [0.2, 0.25) is 5.13 Å². The molecule has 0 saturated heterocycles. The fraction of sp³-hybridized carbons (Fsp3) is 0.833. The second-order valence-corrected chi connectivity index (χ2v) is 5.99. The minimum absolute atomic E-state index is 0.0658. The molecular formula is C12H21N3OS. The summed E-state index contributed by atoms with van der Waals surface area (Å²) in [5.41, 5.74) is 0.0658. The van der Waals surface area contributed by atoms with Crippen molar-refractivity contribution in [2.45, 2.75) is 45.4 Å². The first kappa shape index (κ1) is 12.8. The average Bonchev–Trinajstić information content (AvgIpc) is 2.85. The van der Waals surface area contributed by atoms with E-state index in [9.17, 15) is 5.11 Å². The first-order valence-electron chi connectivity index (χ1n) is 6.45. The number of nitrogens with one attached hydrogen (secondary N) is 1. The average molecular weight is 255 g/mol. The summed E-state index contributed by atoms with van der Waals surface area (Å²) in [6.07, 6.45) is 6.95. The third kappa shape index (κ3) is 3.16. The Balaban J connectivity index is 1.90. The number of hydrogen-bond acceptors (Lipinski definition) is 5. The van der Waals surface area contributed by atoms with E-state index < -0.39 is 0 Å². The zero-order valence-corrected chi connectivity index (χ0v) is 11.2. The van der Waals surface area contributed by atoms with Crippen LogP contribution in [-0.4, -0.2) is 28.5 Å². The maximum Gasteiger partial charge on any atom is 0.205 e. The first-order chi connectivity index (χ1) is 8.28. The van der Waals surface area contributed by atoms with Gasteiger partial charge in [-0.1, -0.05) is 37.5 Å². The van der Waals surface area contributed by atoms with Gasteiger partial charge in [0, 0.05) is 12.0 Å². The Hall–Kier alpha value is -0.680. The van der Waals surface area contributed by atoms with Crippen molar-refractivity contribution in [3.05, 3.63) is 5.01 Å². The highest BCUT2D eigenvalue weighted by Gasteiger charge is 2.31. The van der Waals surface area contributed by atoms with Gasteiger partial charge in [0.15, 0.2) is 0 Å². The van der Waals surface area contributed by atoms with Crippen molar-refractivity contribution in [3.8, 4) is 0 Å². The molecule has 0 radical (unpaired) electrons. The van der Waals surface area contributed by atoms with E-state index in [1.807, 2.05) is 0 Å². The molecule has 1 heterocycles. The lowest BCUT2D eigenvalue weighted by Gasteiger charge is -2.35. The Morgan fingerprint density at radius 3 is 2.65 bits per heavy atom. The molecule has 1 aromatic rings. The smallest absolute Gasteiger partial charge is 0.205 e. The van der Waals surface area contributed by atoms with Gasteiger partial charge in [-0.3, -0.25) is 0 Å². The summed E-state index contributed by atoms with van der Waals surface area (Å²) in [4.78, 5) is 0. The highest BCUT2D eigenvalue weighted by Crippen LogP contribution is 2.36. The van der Waals surface area contributed by atoms with Crippen LogP contribution in [0.25, 0.3) is 0 Å². The van der Waals surface area contributed by atoms with Crippen LogP contribution in [0, 0.1) is 5.41 Å². The topological polar surface area (TPSA) is 58.0 Å². The molecule has 0 atom stereocenters. The Bertz CT molecular complexity index is 347. The number of aliphatic hydroxyl groups excluding tert-OH is 1. The van der Waals surface area contributed by atoms with Crippen molar-refractivity contribution in [1.82, 2.24) is 10.2 Å². The molecule has 0 amide bonds. The van der Waals surface area contributed by atoms with Crippen LogP contribution < -0.4 is 5.32 Å². The van der Waals surface area contributed by atoms with E-state index >= 15 is 0 Å². The third-order valence-corrected chi connectivity index (χ3v) is 4.66. The fourth-order valence-corrected chi connectivity index (χ4v) is 3.10. The Morgan fingerprint density at radius 2 is 2.06 bits per heavy atom. The summed E-state index contributed by atoms with van der Waals surface area (Å²) in [6, 6.07) is 0. The molecule has 2 N–H and O–H groups in total. The third-order valence-electron chi connectivity index (χ3n) is 3.63. The predicted octanol–water partition coefficient (Wildman–Crippen LogP) is 2.46. The molecule has 0 spiro atoms. The molecule has 17 heavy (non-hydrogen) atoms. The molecule has 96 valence electrons. The van der Waals surface area contributed by atoms with Crippen molar-refractivity contribution in [2.24, 2.45) is 5.41 Å². The standard InChI is InChI=1S/C12H21N3OS/c1-2-10-14-15-11(17-10)13-8-12(9-16)6-4-3-5-7-12/h16H,2-9H2,1H3,(H,13,15). The lowest BCUT2D eigenvalue weighted by molar-refractivity contribution is 0.0944. The molecule has 1 aromatic heterocycles. The van der Waals surface area contributed by atoms with Gasteiger partial charge in [0.05, 0.1) is 6.61 Å². The monoisotopic (exact) mass is 255 g/mol. The van der Waals surface area contributed by atoms with E-state index in [4.69, 9.17) is 0 Å². The number of anilines is 1. The predicted molar refractivity (Wildman–Crippen MR) is 70.4 cm³/mol. The fourth-order valence-electron chi connectivity index (χ4n) is 2.42. The van der Waals surface area contributed by atoms with Gasteiger partial charge >= 0.3 is 0 Å². The Kier molecular flexibility index (Phi) is 4.34. The maximum atomic E-state index is 9.60. The first-order valence-corrected chi connectivity index (χ1v) is 7.27. The van der Waals surface area contributed by atoms with E-state index in [0.717, 1.165) is 35.9 Å². The molecule has 1 aliphatic rings. The molecule has 1 aliphatic carbocycles. The van der Waals surface area contributed by atoms with E-state index in [1.165, 1.54) is 19.3 Å². The van der Waals surface area contributed by atoms with Crippen LogP contribution in [0.4, 0.5) is 5.13 Å². The van der Waals surface area contributed by atoms with Crippen LogP contribution in [0.1, 0.15) is 44.0 Å². The maximum absolute atomic E-state index is 9.60. The summed E-state index contributed by atoms with van der Waals surface area (Å²) in [7, 11) is 0. The normalized spacial score (nSPS) is 19.2. The number of rotatable bonds is 5. The molecule has 0 aromatic carbocycles. The van der Waals surface area contributed by atoms with Crippen LogP contribution in [0.15, 0.2) is 0 Å².